The van der Waals surface area contributed by atoms with Gasteiger partial charge in [0, 0.05) is 16.0 Å². The first-order valence-corrected chi connectivity index (χ1v) is 11.5. The summed E-state index contributed by atoms with van der Waals surface area (Å²) in [5, 5.41) is 8.53. The van der Waals surface area contributed by atoms with Gasteiger partial charge in [-0.2, -0.15) is 0 Å². The van der Waals surface area contributed by atoms with Gasteiger partial charge in [0.1, 0.15) is 9.24 Å². The molecule has 2 aromatic heterocycles. The Kier molecular flexibility index (Phi) is 6.19. The Balaban J connectivity index is 1.73. The first-order chi connectivity index (χ1) is 13.2. The molecule has 0 bridgehead atoms. The SMILES string of the molecule is Cc1ccc(Sc2ncccc2C(=O)NCc2ccc(S(N)(=O)=O)s2)cc1C. The highest BCUT2D eigenvalue weighted by Gasteiger charge is 2.15. The molecule has 3 rings (SSSR count). The third kappa shape index (κ3) is 4.99. The number of nitrogens with two attached hydrogens (primary N) is 1. The second-order valence-electron chi connectivity index (χ2n) is 6.15. The summed E-state index contributed by atoms with van der Waals surface area (Å²) >= 11 is 2.47. The van der Waals surface area contributed by atoms with Crippen LogP contribution in [0.5, 0.6) is 0 Å². The molecule has 0 unspecified atom stereocenters. The molecule has 0 spiro atoms. The van der Waals surface area contributed by atoms with E-state index < -0.39 is 10.0 Å². The molecule has 0 aliphatic rings. The number of nitrogens with one attached hydrogen (secondary N) is 1. The number of pyridine rings is 1. The van der Waals surface area contributed by atoms with Crippen LogP contribution in [0.4, 0.5) is 0 Å². The van der Waals surface area contributed by atoms with Crippen molar-refractivity contribution in [1.82, 2.24) is 10.3 Å². The third-order valence-corrected chi connectivity index (χ3v) is 7.58. The van der Waals surface area contributed by atoms with Crippen LogP contribution in [0.25, 0.3) is 0 Å². The molecule has 0 saturated heterocycles. The van der Waals surface area contributed by atoms with E-state index >= 15 is 0 Å². The Bertz CT molecular complexity index is 1120. The fraction of sp³-hybridized carbons (Fsp3) is 0.158. The van der Waals surface area contributed by atoms with Gasteiger partial charge in [-0.1, -0.05) is 17.8 Å². The Labute approximate surface area is 172 Å². The summed E-state index contributed by atoms with van der Waals surface area (Å²) in [6.45, 7) is 4.30. The van der Waals surface area contributed by atoms with Crippen LogP contribution in [0, 0.1) is 13.8 Å². The van der Waals surface area contributed by atoms with Crippen LogP contribution in [0.15, 0.2) is 62.8 Å². The van der Waals surface area contributed by atoms with Crippen molar-refractivity contribution in [2.75, 3.05) is 0 Å². The number of hydrogen-bond acceptors (Lipinski definition) is 6. The van der Waals surface area contributed by atoms with Gasteiger partial charge in [-0.25, -0.2) is 18.5 Å². The molecule has 3 aromatic rings. The van der Waals surface area contributed by atoms with Crippen molar-refractivity contribution in [2.24, 2.45) is 5.14 Å². The average molecular weight is 434 g/mol. The standard InChI is InChI=1S/C19H19N3O3S3/c1-12-5-6-14(10-13(12)2)27-19-16(4-3-9-21-19)18(23)22-11-15-7-8-17(26-15)28(20,24)25/h3-10H,11H2,1-2H3,(H,22,23)(H2,20,24,25). The average Bonchev–Trinajstić information content (AvgIpc) is 3.13. The van der Waals surface area contributed by atoms with Gasteiger partial charge in [-0.3, -0.25) is 4.79 Å². The Morgan fingerprint density at radius 2 is 1.96 bits per heavy atom. The summed E-state index contributed by atoms with van der Waals surface area (Å²) in [7, 11) is -3.73. The molecule has 3 N–H and O–H groups in total. The predicted molar refractivity (Wildman–Crippen MR) is 111 cm³/mol. The molecule has 28 heavy (non-hydrogen) atoms. The lowest BCUT2D eigenvalue weighted by atomic mass is 10.1. The lowest BCUT2D eigenvalue weighted by molar-refractivity contribution is 0.0947. The number of aromatic nitrogens is 1. The van der Waals surface area contributed by atoms with Crippen LogP contribution in [-0.2, 0) is 16.6 Å². The highest BCUT2D eigenvalue weighted by Crippen LogP contribution is 2.30. The molecule has 0 fully saturated rings. The zero-order valence-electron chi connectivity index (χ0n) is 15.3. The van der Waals surface area contributed by atoms with E-state index in [2.05, 4.69) is 23.3 Å². The molecule has 0 aliphatic carbocycles. The van der Waals surface area contributed by atoms with Gasteiger partial charge < -0.3 is 5.32 Å². The number of sulfonamides is 1. The number of thiophene rings is 1. The van der Waals surface area contributed by atoms with Gasteiger partial charge in [0.2, 0.25) is 10.0 Å². The van der Waals surface area contributed by atoms with Gasteiger partial charge in [0.05, 0.1) is 12.1 Å². The fourth-order valence-electron chi connectivity index (χ4n) is 2.40. The number of hydrogen-bond donors (Lipinski definition) is 2. The van der Waals surface area contributed by atoms with Crippen molar-refractivity contribution in [3.63, 3.8) is 0 Å². The predicted octanol–water partition coefficient (Wildman–Crippen LogP) is 3.49. The maximum Gasteiger partial charge on any atom is 0.254 e. The Morgan fingerprint density at radius 3 is 2.64 bits per heavy atom. The zero-order chi connectivity index (χ0) is 20.3. The van der Waals surface area contributed by atoms with E-state index in [-0.39, 0.29) is 16.7 Å². The molecule has 1 amide bonds. The van der Waals surface area contributed by atoms with Crippen LogP contribution < -0.4 is 10.5 Å². The minimum Gasteiger partial charge on any atom is -0.347 e. The van der Waals surface area contributed by atoms with Crippen LogP contribution >= 0.6 is 23.1 Å². The van der Waals surface area contributed by atoms with Crippen LogP contribution in [0.3, 0.4) is 0 Å². The number of aryl methyl sites for hydroxylation is 2. The van der Waals surface area contributed by atoms with Gasteiger partial charge >= 0.3 is 0 Å². The lowest BCUT2D eigenvalue weighted by Crippen LogP contribution is -2.23. The molecule has 146 valence electrons. The van der Waals surface area contributed by atoms with E-state index in [9.17, 15) is 13.2 Å². The molecular formula is C19H19N3O3S3. The summed E-state index contributed by atoms with van der Waals surface area (Å²) in [6.07, 6.45) is 1.65. The van der Waals surface area contributed by atoms with E-state index in [0.29, 0.717) is 15.5 Å². The van der Waals surface area contributed by atoms with Gasteiger partial charge in [-0.15, -0.1) is 11.3 Å². The molecule has 1 aromatic carbocycles. The minimum atomic E-state index is -3.73. The highest BCUT2D eigenvalue weighted by molar-refractivity contribution is 7.99. The summed E-state index contributed by atoms with van der Waals surface area (Å²) in [5.41, 5.74) is 2.85. The summed E-state index contributed by atoms with van der Waals surface area (Å²) in [6, 6.07) is 12.6. The number of carbonyl (C=O) groups is 1. The molecule has 2 heterocycles. The summed E-state index contributed by atoms with van der Waals surface area (Å²) in [5.74, 6) is -0.273. The van der Waals surface area contributed by atoms with Crippen LogP contribution in [0.1, 0.15) is 26.4 Å². The van der Waals surface area contributed by atoms with Crippen molar-refractivity contribution >= 4 is 39.0 Å². The van der Waals surface area contributed by atoms with E-state index in [1.54, 1.807) is 24.4 Å². The number of carbonyl (C=O) groups excluding carboxylic acids is 1. The van der Waals surface area contributed by atoms with E-state index in [0.717, 1.165) is 16.2 Å². The monoisotopic (exact) mass is 433 g/mol. The third-order valence-electron chi connectivity index (χ3n) is 4.05. The quantitative estimate of drug-likeness (QED) is 0.619. The Morgan fingerprint density at radius 1 is 1.18 bits per heavy atom. The molecule has 0 radical (unpaired) electrons. The first-order valence-electron chi connectivity index (χ1n) is 8.34. The van der Waals surface area contributed by atoms with Gasteiger partial charge in [-0.05, 0) is 61.4 Å². The maximum atomic E-state index is 12.7. The summed E-state index contributed by atoms with van der Waals surface area (Å²) < 4.78 is 22.8. The molecule has 0 saturated carbocycles. The molecule has 6 nitrogen and oxygen atoms in total. The normalized spacial score (nSPS) is 11.4. The number of rotatable bonds is 6. The first kappa shape index (κ1) is 20.5. The van der Waals surface area contributed by atoms with Crippen molar-refractivity contribution in [1.29, 1.82) is 0 Å². The van der Waals surface area contributed by atoms with Crippen molar-refractivity contribution in [3.8, 4) is 0 Å². The summed E-state index contributed by atoms with van der Waals surface area (Å²) in [4.78, 5) is 18.7. The van der Waals surface area contributed by atoms with E-state index in [1.165, 1.54) is 29.0 Å². The second kappa shape index (κ2) is 8.44. The van der Waals surface area contributed by atoms with E-state index in [4.69, 9.17) is 5.14 Å². The number of benzene rings is 1. The van der Waals surface area contributed by atoms with Gasteiger partial charge in [0.15, 0.2) is 0 Å². The largest absolute Gasteiger partial charge is 0.347 e. The molecule has 0 aliphatic heterocycles. The van der Waals surface area contributed by atoms with Crippen LogP contribution in [-0.4, -0.2) is 19.3 Å². The molecule has 9 heteroatoms. The molecular weight excluding hydrogens is 414 g/mol. The fourth-order valence-corrected chi connectivity index (χ4v) is 5.10. The smallest absolute Gasteiger partial charge is 0.254 e. The number of amides is 1. The second-order valence-corrected chi connectivity index (χ2v) is 10.2. The number of nitrogens with zero attached hydrogens (tertiary/aromatic N) is 1. The zero-order valence-corrected chi connectivity index (χ0v) is 17.7. The van der Waals surface area contributed by atoms with Crippen molar-refractivity contribution in [3.05, 3.63) is 70.2 Å². The maximum absolute atomic E-state index is 12.7. The topological polar surface area (TPSA) is 102 Å². The van der Waals surface area contributed by atoms with Crippen molar-refractivity contribution < 1.29 is 13.2 Å². The Hall–Kier alpha value is -2.20. The minimum absolute atomic E-state index is 0.0733. The molecule has 0 atom stereocenters. The van der Waals surface area contributed by atoms with Crippen LogP contribution in [0.2, 0.25) is 0 Å². The lowest BCUT2D eigenvalue weighted by Gasteiger charge is -2.09. The van der Waals surface area contributed by atoms with Crippen molar-refractivity contribution in [2.45, 2.75) is 34.5 Å². The van der Waals surface area contributed by atoms with Gasteiger partial charge in [0.25, 0.3) is 5.91 Å². The highest BCUT2D eigenvalue weighted by atomic mass is 32.2. The van der Waals surface area contributed by atoms with E-state index in [1.807, 2.05) is 19.1 Å². The number of primary sulfonamides is 1.